The van der Waals surface area contributed by atoms with Crippen molar-refractivity contribution >= 4 is 129 Å². The minimum atomic E-state index is -0.236. The van der Waals surface area contributed by atoms with Crippen LogP contribution >= 0.6 is 22.7 Å². The third-order valence-electron chi connectivity index (χ3n) is 12.0. The van der Waals surface area contributed by atoms with Crippen LogP contribution in [0.3, 0.4) is 0 Å². The van der Waals surface area contributed by atoms with E-state index in [1.165, 1.54) is 78.3 Å². The molecule has 12 rings (SSSR count). The average Bonchev–Trinajstić information content (AvgIpc) is 3.95. The van der Waals surface area contributed by atoms with E-state index >= 15 is 0 Å². The first kappa shape index (κ1) is 32.7. The number of hydrogen-bond donors (Lipinski definition) is 1. The molecule has 1 atom stereocenters. The van der Waals surface area contributed by atoms with E-state index in [0.717, 1.165) is 45.1 Å². The number of thiophene rings is 2. The van der Waals surface area contributed by atoms with Gasteiger partial charge in [-0.2, -0.15) is 0 Å². The third kappa shape index (κ3) is 4.67. The van der Waals surface area contributed by atoms with Crippen LogP contribution in [0.1, 0.15) is 30.6 Å². The molecule has 0 saturated carbocycles. The predicted octanol–water partition coefficient (Wildman–Crippen LogP) is 15.0. The number of nitrogen functional groups attached to an aromatic ring is 1. The van der Waals surface area contributed by atoms with Gasteiger partial charge in [-0.3, -0.25) is 4.99 Å². The molecule has 0 amide bonds. The van der Waals surface area contributed by atoms with Gasteiger partial charge < -0.3 is 10.3 Å². The second-order valence-corrected chi connectivity index (χ2v) is 17.2. The summed E-state index contributed by atoms with van der Waals surface area (Å²) in [6, 6.07) is 59.6. The van der Waals surface area contributed by atoms with Gasteiger partial charge in [0, 0.05) is 68.6 Å². The van der Waals surface area contributed by atoms with Gasteiger partial charge in [-0.25, -0.2) is 0 Å². The Labute approximate surface area is 336 Å². The summed E-state index contributed by atoms with van der Waals surface area (Å²) in [7, 11) is 0. The molecule has 0 aliphatic rings. The van der Waals surface area contributed by atoms with E-state index in [0.29, 0.717) is 0 Å². The average molecular weight is 766 g/mol. The maximum Gasteiger partial charge on any atom is 0.126 e. The third-order valence-corrected chi connectivity index (χ3v) is 14.3. The molecule has 1 unspecified atom stereocenters. The number of anilines is 1. The van der Waals surface area contributed by atoms with Crippen molar-refractivity contribution in [1.29, 1.82) is 0 Å². The fourth-order valence-electron chi connectivity index (χ4n) is 9.53. The number of para-hydroxylation sites is 1. The van der Waals surface area contributed by atoms with Gasteiger partial charge in [0.25, 0.3) is 0 Å². The number of aromatic nitrogens is 1. The molecular weight excluding hydrogens is 731 g/mol. The van der Waals surface area contributed by atoms with Gasteiger partial charge in [0.15, 0.2) is 0 Å². The maximum atomic E-state index is 7.41. The SMILES string of the molecule is CCC(/N=C(/c1ccc2c(c1)sc1ccccc12)c1c(N)c2ccccc2c2ccccc12)n1c2ccccc2c2c3ccccc3c3c4ccccc4sc3c21. The van der Waals surface area contributed by atoms with Crippen molar-refractivity contribution in [2.45, 2.75) is 19.5 Å². The highest BCUT2D eigenvalue weighted by Crippen LogP contribution is 2.48. The Bertz CT molecular complexity index is 3660. The van der Waals surface area contributed by atoms with Crippen molar-refractivity contribution in [1.82, 2.24) is 4.57 Å². The van der Waals surface area contributed by atoms with E-state index in [9.17, 15) is 0 Å². The molecule has 0 spiro atoms. The quantitative estimate of drug-likeness (QED) is 0.106. The molecule has 12 aromatic rings. The number of fused-ring (bicyclic) bond motifs is 16. The summed E-state index contributed by atoms with van der Waals surface area (Å²) in [6.07, 6.45) is 0.548. The highest BCUT2D eigenvalue weighted by atomic mass is 32.1. The van der Waals surface area contributed by atoms with E-state index in [1.54, 1.807) is 0 Å². The lowest BCUT2D eigenvalue weighted by Crippen LogP contribution is -2.14. The molecule has 5 heteroatoms. The normalized spacial score (nSPS) is 13.2. The minimum absolute atomic E-state index is 0.236. The van der Waals surface area contributed by atoms with Crippen LogP contribution in [-0.4, -0.2) is 10.3 Å². The van der Waals surface area contributed by atoms with Gasteiger partial charge in [0.2, 0.25) is 0 Å². The van der Waals surface area contributed by atoms with Crippen LogP contribution in [0.5, 0.6) is 0 Å². The smallest absolute Gasteiger partial charge is 0.126 e. The molecule has 0 bridgehead atoms. The van der Waals surface area contributed by atoms with Crippen molar-refractivity contribution in [2.24, 2.45) is 4.99 Å². The van der Waals surface area contributed by atoms with Crippen LogP contribution in [0, 0.1) is 0 Å². The van der Waals surface area contributed by atoms with Crippen molar-refractivity contribution in [2.75, 3.05) is 5.73 Å². The fraction of sp³-hybridized carbons (Fsp3) is 0.0577. The molecule has 0 aliphatic carbocycles. The lowest BCUT2D eigenvalue weighted by Gasteiger charge is -2.22. The topological polar surface area (TPSA) is 43.3 Å². The molecule has 0 aliphatic heterocycles. The van der Waals surface area contributed by atoms with E-state index < -0.39 is 0 Å². The Balaban J connectivity index is 1.23. The van der Waals surface area contributed by atoms with Crippen LogP contribution in [0.2, 0.25) is 0 Å². The zero-order valence-corrected chi connectivity index (χ0v) is 32.8. The minimum Gasteiger partial charge on any atom is -0.398 e. The zero-order valence-electron chi connectivity index (χ0n) is 31.2. The summed E-state index contributed by atoms with van der Waals surface area (Å²) in [5, 5.41) is 14.8. The Morgan fingerprint density at radius 2 is 1.07 bits per heavy atom. The van der Waals surface area contributed by atoms with Crippen molar-refractivity contribution in [3.05, 3.63) is 175 Å². The van der Waals surface area contributed by atoms with Gasteiger partial charge >= 0.3 is 0 Å². The van der Waals surface area contributed by atoms with Crippen LogP contribution < -0.4 is 5.73 Å². The fourth-order valence-corrected chi connectivity index (χ4v) is 11.9. The monoisotopic (exact) mass is 765 g/mol. The van der Waals surface area contributed by atoms with E-state index in [1.807, 2.05) is 22.7 Å². The number of benzene rings is 9. The van der Waals surface area contributed by atoms with Gasteiger partial charge in [0.05, 0.1) is 21.4 Å². The number of nitrogens with two attached hydrogens (primary N) is 1. The lowest BCUT2D eigenvalue weighted by atomic mass is 9.90. The number of rotatable bonds is 5. The van der Waals surface area contributed by atoms with Crippen LogP contribution in [0.4, 0.5) is 5.69 Å². The first-order valence-electron chi connectivity index (χ1n) is 19.6. The molecule has 57 heavy (non-hydrogen) atoms. The van der Waals surface area contributed by atoms with Crippen molar-refractivity contribution in [3.8, 4) is 0 Å². The first-order valence-corrected chi connectivity index (χ1v) is 21.2. The molecule has 0 radical (unpaired) electrons. The summed E-state index contributed by atoms with van der Waals surface area (Å²) in [5.74, 6) is 0. The van der Waals surface area contributed by atoms with Crippen molar-refractivity contribution in [3.63, 3.8) is 0 Å². The second-order valence-electron chi connectivity index (χ2n) is 15.0. The molecule has 3 aromatic heterocycles. The Kier molecular flexibility index (Phi) is 7.16. The van der Waals surface area contributed by atoms with Gasteiger partial charge in [0.1, 0.15) is 6.17 Å². The zero-order chi connectivity index (χ0) is 37.8. The summed E-state index contributed by atoms with van der Waals surface area (Å²) in [5.41, 5.74) is 13.6. The largest absolute Gasteiger partial charge is 0.398 e. The van der Waals surface area contributed by atoms with Crippen molar-refractivity contribution < 1.29 is 0 Å². The molecular formula is C52H35N3S2. The highest BCUT2D eigenvalue weighted by molar-refractivity contribution is 7.27. The molecule has 3 heterocycles. The van der Waals surface area contributed by atoms with Gasteiger partial charge in [-0.15, -0.1) is 22.7 Å². The van der Waals surface area contributed by atoms with Crippen LogP contribution in [0.15, 0.2) is 169 Å². The van der Waals surface area contributed by atoms with Gasteiger partial charge in [-0.1, -0.05) is 146 Å². The molecule has 2 N–H and O–H groups in total. The number of hydrogen-bond acceptors (Lipinski definition) is 4. The van der Waals surface area contributed by atoms with Crippen LogP contribution in [-0.2, 0) is 0 Å². The number of aliphatic imine (C=N–C) groups is 1. The molecule has 0 fully saturated rings. The summed E-state index contributed by atoms with van der Waals surface area (Å²) in [6.45, 7) is 2.27. The second kappa shape index (κ2) is 12.5. The highest BCUT2D eigenvalue weighted by Gasteiger charge is 2.26. The van der Waals surface area contributed by atoms with Crippen LogP contribution in [0.25, 0.3) is 94.5 Å². The molecule has 9 aromatic carbocycles. The number of nitrogens with zero attached hydrogens (tertiary/aromatic N) is 2. The Hall–Kier alpha value is -6.53. The molecule has 0 saturated heterocycles. The lowest BCUT2D eigenvalue weighted by molar-refractivity contribution is 0.540. The standard InChI is InChI=1S/C52H35N3S2/c1-2-45(55-41-24-12-9-22-39(41)46-36-19-6-7-20-37(36)47-40-23-11-14-26-43(40)57-52(47)51(46)55)54-50(30-27-28-34-33-17-10-13-25-42(33)56-44(34)29-30)48-35-18-5-3-15-31(35)32-16-4-8-21-38(32)49(48)53/h3-29,45H,2,53H2,1H3/b54-50-. The Morgan fingerprint density at radius 3 is 1.81 bits per heavy atom. The summed E-state index contributed by atoms with van der Waals surface area (Å²) in [4.78, 5) is 6.01. The van der Waals surface area contributed by atoms with E-state index in [-0.39, 0.29) is 6.17 Å². The summed E-state index contributed by atoms with van der Waals surface area (Å²) < 4.78 is 7.68. The molecule has 270 valence electrons. The first-order chi connectivity index (χ1) is 28.2. The van der Waals surface area contributed by atoms with E-state index in [2.05, 4.69) is 175 Å². The molecule has 3 nitrogen and oxygen atoms in total. The van der Waals surface area contributed by atoms with E-state index in [4.69, 9.17) is 10.7 Å². The maximum absolute atomic E-state index is 7.41. The predicted molar refractivity (Wildman–Crippen MR) is 250 cm³/mol. The summed E-state index contributed by atoms with van der Waals surface area (Å²) >= 11 is 3.74. The Morgan fingerprint density at radius 1 is 0.526 bits per heavy atom. The van der Waals surface area contributed by atoms with Gasteiger partial charge in [-0.05, 0) is 57.6 Å².